The van der Waals surface area contributed by atoms with Crippen LogP contribution in [0.25, 0.3) is 0 Å². The Labute approximate surface area is 221 Å². The van der Waals surface area contributed by atoms with Gasteiger partial charge in [0.05, 0.1) is 0 Å². The molecule has 5 N–H and O–H groups in total. The van der Waals surface area contributed by atoms with Gasteiger partial charge in [-0.15, -0.1) is 0 Å². The molecule has 21 heteroatoms. The quantitative estimate of drug-likeness (QED) is 0.195. The van der Waals surface area contributed by atoms with E-state index in [1.54, 1.807) is 0 Å². The van der Waals surface area contributed by atoms with Crippen molar-refractivity contribution in [3.05, 3.63) is 0 Å². The molecule has 0 spiro atoms. The summed E-state index contributed by atoms with van der Waals surface area (Å²) in [6, 6.07) is 0. The molecule has 0 aliphatic carbocycles. The Morgan fingerprint density at radius 2 is 1.05 bits per heavy atom. The predicted molar refractivity (Wildman–Crippen MR) is 48.1 cm³/mol. The maximum absolute atomic E-state index is 10.7. The van der Waals surface area contributed by atoms with E-state index in [1.165, 1.54) is 0 Å². The molecule has 0 rings (SSSR count). The van der Waals surface area contributed by atoms with E-state index >= 15 is 0 Å². The standard InChI is InChI=1S/K.Li.2Na.H6O13P4.3H/c;;;;1-14(2,3)11-16(7,8)13-17(9,10)12-15(4,5)6;;;/h;;;;(H,7,8)(H,9,10)(H2,1,2,3)(H2,4,5,6);;;/q4*+1;;3*-1/p-1. The Hall–Kier alpha value is 4.79. The minimum atomic E-state index is -5.83. The van der Waals surface area contributed by atoms with Crippen molar-refractivity contribution in [3.8, 4) is 0 Å². The van der Waals surface area contributed by atoms with Crippen LogP contribution in [0.1, 0.15) is 4.28 Å². The Kier molecular flexibility index (Phi) is 24.2. The summed E-state index contributed by atoms with van der Waals surface area (Å²) < 4.78 is 50.5. The van der Waals surface area contributed by atoms with E-state index in [2.05, 4.69) is 12.9 Å². The molecular weight excluding hydrogens is 424 g/mol. The molecule has 0 radical (unpaired) electrons. The first-order chi connectivity index (χ1) is 7.12. The van der Waals surface area contributed by atoms with E-state index in [0.29, 0.717) is 0 Å². The molecule has 21 heavy (non-hydrogen) atoms. The maximum Gasteiger partial charge on any atom is 1.00 e. The maximum atomic E-state index is 10.7. The summed E-state index contributed by atoms with van der Waals surface area (Å²) in [5.74, 6) is 0. The third-order valence-corrected chi connectivity index (χ3v) is 5.60. The summed E-state index contributed by atoms with van der Waals surface area (Å²) in [7, 11) is -23.0. The van der Waals surface area contributed by atoms with Crippen molar-refractivity contribution in [3.63, 3.8) is 0 Å². The summed E-state index contributed by atoms with van der Waals surface area (Å²) >= 11 is 0. The van der Waals surface area contributed by atoms with Crippen molar-refractivity contribution in [2.45, 2.75) is 0 Å². The van der Waals surface area contributed by atoms with Crippen LogP contribution >= 0.6 is 31.3 Å². The molecule has 0 bridgehead atoms. The summed E-state index contributed by atoms with van der Waals surface area (Å²) in [4.78, 5) is 51.2. The molecular formula is H8KLiNa2O13P4. The van der Waals surface area contributed by atoms with Crippen LogP contribution < -0.4 is 134 Å². The van der Waals surface area contributed by atoms with E-state index < -0.39 is 31.3 Å². The van der Waals surface area contributed by atoms with Crippen molar-refractivity contribution < 1.29 is 194 Å². The molecule has 0 fully saturated rings. The fourth-order valence-electron chi connectivity index (χ4n) is 0.425. The van der Waals surface area contributed by atoms with Gasteiger partial charge in [-0.25, -0.2) is 18.0 Å². The van der Waals surface area contributed by atoms with Crippen LogP contribution in [0, 0.1) is 0 Å². The van der Waals surface area contributed by atoms with E-state index in [4.69, 9.17) is 24.5 Å². The van der Waals surface area contributed by atoms with Gasteiger partial charge in [-0.3, -0.25) is 4.57 Å². The monoisotopic (exact) mass is 432 g/mol. The zero-order valence-electron chi connectivity index (χ0n) is 14.3. The fraction of sp³-hybridized carbons (Fsp3) is 0. The second-order valence-electron chi connectivity index (χ2n) is 2.14. The predicted octanol–water partition coefficient (Wildman–Crippen LogP) is -12.9. The van der Waals surface area contributed by atoms with Crippen molar-refractivity contribution in [2.75, 3.05) is 0 Å². The van der Waals surface area contributed by atoms with E-state index in [9.17, 15) is 23.2 Å². The molecule has 0 saturated carbocycles. The van der Waals surface area contributed by atoms with Gasteiger partial charge in [0.15, 0.2) is 0 Å². The van der Waals surface area contributed by atoms with Crippen LogP contribution in [0.15, 0.2) is 0 Å². The van der Waals surface area contributed by atoms with Crippen LogP contribution in [-0.4, -0.2) is 24.5 Å². The number of phosphoric acid groups is 4. The second kappa shape index (κ2) is 13.9. The molecule has 0 aliphatic rings. The minimum Gasteiger partial charge on any atom is -1.00 e. The van der Waals surface area contributed by atoms with Gasteiger partial charge in [0.2, 0.25) is 0 Å². The summed E-state index contributed by atoms with van der Waals surface area (Å²) in [6.45, 7) is 0. The molecule has 0 heterocycles. The Morgan fingerprint density at radius 1 is 0.762 bits per heavy atom. The van der Waals surface area contributed by atoms with Crippen molar-refractivity contribution in [1.82, 2.24) is 0 Å². The third-order valence-electron chi connectivity index (χ3n) is 0.622. The van der Waals surface area contributed by atoms with Gasteiger partial charge in [-0.2, -0.15) is 8.62 Å². The third kappa shape index (κ3) is 24.8. The van der Waals surface area contributed by atoms with Crippen LogP contribution in [0.2, 0.25) is 0 Å². The largest absolute Gasteiger partial charge is 1.00 e. The molecule has 0 saturated heterocycles. The number of hydrogen-bond acceptors (Lipinski definition) is 8. The zero-order valence-corrected chi connectivity index (χ0v) is 22.0. The van der Waals surface area contributed by atoms with Gasteiger partial charge >= 0.3 is 153 Å². The van der Waals surface area contributed by atoms with Gasteiger partial charge in [0.1, 0.15) is 0 Å². The van der Waals surface area contributed by atoms with Crippen molar-refractivity contribution >= 4 is 31.3 Å². The van der Waals surface area contributed by atoms with Gasteiger partial charge < -0.3 is 33.6 Å². The zero-order chi connectivity index (χ0) is 14.1. The Balaban J connectivity index is -0.0000000610. The van der Waals surface area contributed by atoms with Crippen LogP contribution in [-0.2, 0) is 31.2 Å². The van der Waals surface area contributed by atoms with Gasteiger partial charge in [-0.05, 0) is 0 Å². The van der Waals surface area contributed by atoms with Gasteiger partial charge in [0.25, 0.3) is 7.82 Å². The summed E-state index contributed by atoms with van der Waals surface area (Å²) in [6.07, 6.45) is 0. The molecule has 110 valence electrons. The first kappa shape index (κ1) is 36.7. The van der Waals surface area contributed by atoms with E-state index in [0.717, 1.165) is 0 Å². The molecule has 3 unspecified atom stereocenters. The van der Waals surface area contributed by atoms with Crippen molar-refractivity contribution in [2.24, 2.45) is 0 Å². The first-order valence-corrected chi connectivity index (χ1v) is 9.02. The molecule has 0 aromatic heterocycles. The average Bonchev–Trinajstić information content (AvgIpc) is 1.65. The van der Waals surface area contributed by atoms with E-state index in [1.807, 2.05) is 0 Å². The SMILES string of the molecule is O=P([O-])(O)OP(=O)(O)OP(=O)(O)OP(=O)(O)O.[H-].[H-].[H-].[K+].[Li+].[Na+].[Na+]. The Morgan fingerprint density at radius 3 is 1.29 bits per heavy atom. The smallest absolute Gasteiger partial charge is 1.00 e. The average molecular weight is 432 g/mol. The number of hydrogen-bond donors (Lipinski definition) is 5. The van der Waals surface area contributed by atoms with Gasteiger partial charge in [-0.1, -0.05) is 0 Å². The topological polar surface area (TPSA) is 220 Å². The molecule has 3 atom stereocenters. The van der Waals surface area contributed by atoms with E-state index in [-0.39, 0.29) is 134 Å². The fourth-order valence-corrected chi connectivity index (χ4v) is 4.36. The van der Waals surface area contributed by atoms with Gasteiger partial charge in [0, 0.05) is 0 Å². The molecule has 0 amide bonds. The molecule has 0 aromatic rings. The molecule has 0 aliphatic heterocycles. The second-order valence-corrected chi connectivity index (χ2v) is 7.89. The first-order valence-electron chi connectivity index (χ1n) is 3.01. The van der Waals surface area contributed by atoms with Crippen molar-refractivity contribution in [1.29, 1.82) is 0 Å². The molecule has 13 nitrogen and oxygen atoms in total. The number of rotatable bonds is 6. The summed E-state index contributed by atoms with van der Waals surface area (Å²) in [5.41, 5.74) is 0. The Bertz CT molecular complexity index is 436. The normalized spacial score (nSPS) is 19.0. The minimum absolute atomic E-state index is 0. The van der Waals surface area contributed by atoms with Crippen LogP contribution in [0.4, 0.5) is 0 Å². The van der Waals surface area contributed by atoms with Crippen LogP contribution in [0.5, 0.6) is 0 Å². The van der Waals surface area contributed by atoms with Crippen LogP contribution in [0.3, 0.4) is 0 Å². The summed E-state index contributed by atoms with van der Waals surface area (Å²) in [5, 5.41) is 0. The molecule has 0 aromatic carbocycles.